The number of benzene rings is 1. The molecule has 0 spiro atoms. The van der Waals surface area contributed by atoms with Gasteiger partial charge in [0.05, 0.1) is 0 Å². The third kappa shape index (κ3) is 2.34. The Hall–Kier alpha value is -0.960. The summed E-state index contributed by atoms with van der Waals surface area (Å²) in [4.78, 5) is 0. The number of nitrogens with two attached hydrogens (primary N) is 1. The molecule has 2 N–H and O–H groups in total. The van der Waals surface area contributed by atoms with Gasteiger partial charge in [-0.2, -0.15) is 0 Å². The largest absolute Gasteiger partial charge is 0.330 e. The van der Waals surface area contributed by atoms with Crippen molar-refractivity contribution in [1.82, 2.24) is 0 Å². The lowest BCUT2D eigenvalue weighted by Crippen LogP contribution is -2.26. The molecule has 0 amide bonds. The molecule has 1 nitrogen and oxygen atoms in total. The Kier molecular flexibility index (Phi) is 3.77. The van der Waals surface area contributed by atoms with Gasteiger partial charge in [0.25, 0.3) is 0 Å². The van der Waals surface area contributed by atoms with Crippen LogP contribution in [0.3, 0.4) is 0 Å². The van der Waals surface area contributed by atoms with Crippen LogP contribution in [0.5, 0.6) is 0 Å². The second-order valence-electron chi connectivity index (χ2n) is 4.98. The fourth-order valence-corrected chi connectivity index (χ4v) is 2.89. The van der Waals surface area contributed by atoms with Gasteiger partial charge in [-0.05, 0) is 49.8 Å². The van der Waals surface area contributed by atoms with Crippen LogP contribution in [0.4, 0.5) is 8.78 Å². The quantitative estimate of drug-likeness (QED) is 0.839. The van der Waals surface area contributed by atoms with Gasteiger partial charge in [-0.1, -0.05) is 18.9 Å². The fourth-order valence-electron chi connectivity index (χ4n) is 2.89. The highest BCUT2D eigenvalue weighted by Gasteiger charge is 2.30. The maximum Gasteiger partial charge on any atom is 0.132 e. The van der Waals surface area contributed by atoms with Gasteiger partial charge in [0.2, 0.25) is 0 Å². The SMILES string of the molecule is Cc1ccc(F)c(C2CCCCC2CN)c1F. The van der Waals surface area contributed by atoms with Gasteiger partial charge in [0, 0.05) is 5.56 Å². The van der Waals surface area contributed by atoms with E-state index in [9.17, 15) is 8.78 Å². The Bertz CT molecular complexity index is 403. The molecule has 2 rings (SSSR count). The van der Waals surface area contributed by atoms with Gasteiger partial charge in [-0.15, -0.1) is 0 Å². The van der Waals surface area contributed by atoms with Crippen LogP contribution >= 0.6 is 0 Å². The fraction of sp³-hybridized carbons (Fsp3) is 0.571. The summed E-state index contributed by atoms with van der Waals surface area (Å²) in [5, 5.41) is 0. The second kappa shape index (κ2) is 5.13. The molecule has 94 valence electrons. The third-order valence-corrected chi connectivity index (χ3v) is 3.90. The molecular formula is C14H19F2N. The van der Waals surface area contributed by atoms with E-state index < -0.39 is 5.82 Å². The van der Waals surface area contributed by atoms with Crippen LogP contribution < -0.4 is 5.73 Å². The van der Waals surface area contributed by atoms with Crippen LogP contribution in [0.25, 0.3) is 0 Å². The molecule has 1 aliphatic carbocycles. The normalized spacial score (nSPS) is 24.9. The number of halogens is 2. The molecule has 2 unspecified atom stereocenters. The molecule has 0 bridgehead atoms. The van der Waals surface area contributed by atoms with Crippen molar-refractivity contribution in [1.29, 1.82) is 0 Å². The summed E-state index contributed by atoms with van der Waals surface area (Å²) in [6.45, 7) is 2.19. The molecule has 2 atom stereocenters. The first-order chi connectivity index (χ1) is 8.15. The average Bonchev–Trinajstić information content (AvgIpc) is 2.35. The molecule has 0 radical (unpaired) electrons. The molecule has 1 saturated carbocycles. The lowest BCUT2D eigenvalue weighted by molar-refractivity contribution is 0.300. The van der Waals surface area contributed by atoms with Crippen LogP contribution in [0.15, 0.2) is 12.1 Å². The first-order valence-corrected chi connectivity index (χ1v) is 6.29. The Labute approximate surface area is 101 Å². The summed E-state index contributed by atoms with van der Waals surface area (Å²) >= 11 is 0. The maximum absolute atomic E-state index is 14.1. The van der Waals surface area contributed by atoms with Gasteiger partial charge < -0.3 is 5.73 Å². The molecule has 0 aromatic heterocycles. The van der Waals surface area contributed by atoms with Gasteiger partial charge in [-0.3, -0.25) is 0 Å². The van der Waals surface area contributed by atoms with Crippen LogP contribution in [-0.4, -0.2) is 6.54 Å². The Morgan fingerprint density at radius 3 is 2.65 bits per heavy atom. The van der Waals surface area contributed by atoms with Gasteiger partial charge in [0.1, 0.15) is 11.6 Å². The van der Waals surface area contributed by atoms with Gasteiger partial charge in [0.15, 0.2) is 0 Å². The van der Waals surface area contributed by atoms with E-state index in [2.05, 4.69) is 0 Å². The van der Waals surface area contributed by atoms with E-state index in [0.717, 1.165) is 25.7 Å². The van der Waals surface area contributed by atoms with E-state index >= 15 is 0 Å². The first kappa shape index (κ1) is 12.5. The van der Waals surface area contributed by atoms with Crippen molar-refractivity contribution in [2.75, 3.05) is 6.54 Å². The smallest absolute Gasteiger partial charge is 0.132 e. The number of hydrogen-bond donors (Lipinski definition) is 1. The summed E-state index contributed by atoms with van der Waals surface area (Å²) in [5.74, 6) is -0.628. The Balaban J connectivity index is 2.41. The molecule has 17 heavy (non-hydrogen) atoms. The molecule has 1 aromatic carbocycles. The summed E-state index contributed by atoms with van der Waals surface area (Å²) in [5.41, 5.74) is 6.50. The molecule has 0 aliphatic heterocycles. The van der Waals surface area contributed by atoms with E-state index in [1.807, 2.05) is 0 Å². The van der Waals surface area contributed by atoms with Crippen molar-refractivity contribution in [2.24, 2.45) is 11.7 Å². The molecule has 3 heteroatoms. The molecule has 0 saturated heterocycles. The second-order valence-corrected chi connectivity index (χ2v) is 4.98. The lowest BCUT2D eigenvalue weighted by Gasteiger charge is -2.31. The zero-order chi connectivity index (χ0) is 12.4. The van der Waals surface area contributed by atoms with Crippen LogP contribution in [-0.2, 0) is 0 Å². The van der Waals surface area contributed by atoms with Crippen LogP contribution in [0.1, 0.15) is 42.7 Å². The van der Waals surface area contributed by atoms with E-state index in [1.165, 1.54) is 12.1 Å². The summed E-state index contributed by atoms with van der Waals surface area (Å²) in [6, 6.07) is 2.87. The minimum absolute atomic E-state index is 0.0475. The first-order valence-electron chi connectivity index (χ1n) is 6.29. The topological polar surface area (TPSA) is 26.0 Å². The molecule has 1 aliphatic rings. The molecule has 0 heterocycles. The highest BCUT2D eigenvalue weighted by Crippen LogP contribution is 2.39. The summed E-state index contributed by atoms with van der Waals surface area (Å²) in [7, 11) is 0. The standard InChI is InChI=1S/C14H19F2N/c1-9-6-7-12(15)13(14(9)16)11-5-3-2-4-10(11)8-17/h6-7,10-11H,2-5,8,17H2,1H3. The van der Waals surface area contributed by atoms with Gasteiger partial charge in [-0.25, -0.2) is 8.78 Å². The van der Waals surface area contributed by atoms with Crippen molar-refractivity contribution in [3.63, 3.8) is 0 Å². The monoisotopic (exact) mass is 239 g/mol. The average molecular weight is 239 g/mol. The zero-order valence-corrected chi connectivity index (χ0v) is 10.2. The predicted molar refractivity (Wildman–Crippen MR) is 64.8 cm³/mol. The number of hydrogen-bond acceptors (Lipinski definition) is 1. The van der Waals surface area contributed by atoms with Crippen molar-refractivity contribution < 1.29 is 8.78 Å². The highest BCUT2D eigenvalue weighted by molar-refractivity contribution is 5.30. The van der Waals surface area contributed by atoms with Crippen molar-refractivity contribution in [2.45, 2.75) is 38.5 Å². The van der Waals surface area contributed by atoms with E-state index in [4.69, 9.17) is 5.73 Å². The molecular weight excluding hydrogens is 220 g/mol. The Morgan fingerprint density at radius 1 is 1.24 bits per heavy atom. The van der Waals surface area contributed by atoms with Gasteiger partial charge >= 0.3 is 0 Å². The Morgan fingerprint density at radius 2 is 1.94 bits per heavy atom. The third-order valence-electron chi connectivity index (χ3n) is 3.90. The molecule has 1 fully saturated rings. The highest BCUT2D eigenvalue weighted by atomic mass is 19.1. The van der Waals surface area contributed by atoms with Crippen molar-refractivity contribution in [3.8, 4) is 0 Å². The van der Waals surface area contributed by atoms with E-state index in [1.54, 1.807) is 6.92 Å². The van der Waals surface area contributed by atoms with Crippen LogP contribution in [0.2, 0.25) is 0 Å². The molecule has 1 aromatic rings. The van der Waals surface area contributed by atoms with E-state index in [-0.39, 0.29) is 23.2 Å². The van der Waals surface area contributed by atoms with Crippen LogP contribution in [0, 0.1) is 24.5 Å². The number of aryl methyl sites for hydroxylation is 1. The van der Waals surface area contributed by atoms with Crippen molar-refractivity contribution >= 4 is 0 Å². The minimum Gasteiger partial charge on any atom is -0.330 e. The number of rotatable bonds is 2. The van der Waals surface area contributed by atoms with Crippen molar-refractivity contribution in [3.05, 3.63) is 34.9 Å². The minimum atomic E-state index is -0.418. The summed E-state index contributed by atoms with van der Waals surface area (Å²) in [6.07, 6.45) is 3.98. The zero-order valence-electron chi connectivity index (χ0n) is 10.2. The predicted octanol–water partition coefficient (Wildman–Crippen LogP) is 3.51. The van der Waals surface area contributed by atoms with E-state index in [0.29, 0.717) is 12.1 Å². The maximum atomic E-state index is 14.1. The summed E-state index contributed by atoms with van der Waals surface area (Å²) < 4.78 is 27.9. The lowest BCUT2D eigenvalue weighted by atomic mass is 9.75.